The average molecular weight is 372 g/mol. The predicted octanol–water partition coefficient (Wildman–Crippen LogP) is 2.57. The van der Waals surface area contributed by atoms with Gasteiger partial charge in [-0.2, -0.15) is 0 Å². The van der Waals surface area contributed by atoms with Crippen molar-refractivity contribution in [1.29, 1.82) is 0 Å². The Balaban J connectivity index is 1.45. The summed E-state index contributed by atoms with van der Waals surface area (Å²) < 4.78 is 0. The maximum atomic E-state index is 12.5. The summed E-state index contributed by atoms with van der Waals surface area (Å²) in [5.41, 5.74) is 5.98. The van der Waals surface area contributed by atoms with Gasteiger partial charge in [0.15, 0.2) is 0 Å². The molecule has 0 amide bonds. The fourth-order valence-electron chi connectivity index (χ4n) is 3.92. The van der Waals surface area contributed by atoms with Crippen LogP contribution in [0.2, 0.25) is 0 Å². The Morgan fingerprint density at radius 3 is 2.93 bits per heavy atom. The molecule has 0 fully saturated rings. The number of benzene rings is 1. The Labute approximate surface area is 161 Å². The molecule has 0 bridgehead atoms. The topological polar surface area (TPSA) is 90.6 Å². The molecule has 2 N–H and O–H groups in total. The Morgan fingerprint density at radius 2 is 2.07 bits per heavy atom. The summed E-state index contributed by atoms with van der Waals surface area (Å²) in [4.78, 5) is 33.9. The molecule has 140 valence electrons. The van der Waals surface area contributed by atoms with Crippen molar-refractivity contribution in [3.63, 3.8) is 0 Å². The minimum absolute atomic E-state index is 0.0637. The van der Waals surface area contributed by atoms with E-state index in [1.54, 1.807) is 12.4 Å². The monoisotopic (exact) mass is 372 g/mol. The molecule has 0 unspecified atom stereocenters. The maximum Gasteiger partial charge on any atom is 0.254 e. The van der Waals surface area contributed by atoms with Crippen LogP contribution in [0, 0.1) is 6.92 Å². The summed E-state index contributed by atoms with van der Waals surface area (Å²) in [5, 5.41) is 1.26. The lowest BCUT2D eigenvalue weighted by molar-refractivity contribution is 0.241. The molecule has 3 aromatic heterocycles. The molecule has 4 heterocycles. The Morgan fingerprint density at radius 1 is 1.21 bits per heavy atom. The van der Waals surface area contributed by atoms with Gasteiger partial charge < -0.3 is 9.97 Å². The van der Waals surface area contributed by atoms with Gasteiger partial charge in [0.1, 0.15) is 12.2 Å². The van der Waals surface area contributed by atoms with Gasteiger partial charge in [0.25, 0.3) is 5.56 Å². The van der Waals surface area contributed by atoms with E-state index in [4.69, 9.17) is 4.98 Å². The molecule has 7 heteroatoms. The van der Waals surface area contributed by atoms with Crippen LogP contribution in [-0.2, 0) is 19.5 Å². The first-order valence-corrected chi connectivity index (χ1v) is 9.34. The van der Waals surface area contributed by atoms with Gasteiger partial charge in [-0.3, -0.25) is 9.69 Å². The summed E-state index contributed by atoms with van der Waals surface area (Å²) in [6.45, 7) is 4.43. The van der Waals surface area contributed by atoms with E-state index in [0.717, 1.165) is 24.3 Å². The van der Waals surface area contributed by atoms with E-state index in [1.165, 1.54) is 28.4 Å². The second kappa shape index (κ2) is 6.69. The van der Waals surface area contributed by atoms with Crippen LogP contribution >= 0.6 is 0 Å². The van der Waals surface area contributed by atoms with Crippen molar-refractivity contribution in [2.75, 3.05) is 6.54 Å². The highest BCUT2D eigenvalue weighted by atomic mass is 16.1. The van der Waals surface area contributed by atoms with Crippen LogP contribution in [0.15, 0.2) is 47.9 Å². The SMILES string of the molecule is Cc1cccc2c(CN3CCc4c(nc(-c5cncnc5)[nH]c4=O)C3)c[nH]c12. The summed E-state index contributed by atoms with van der Waals surface area (Å²) >= 11 is 0. The highest BCUT2D eigenvalue weighted by Crippen LogP contribution is 2.25. The van der Waals surface area contributed by atoms with E-state index >= 15 is 0 Å². The Hall–Kier alpha value is -3.32. The van der Waals surface area contributed by atoms with Crippen LogP contribution in [0.1, 0.15) is 22.4 Å². The zero-order valence-electron chi connectivity index (χ0n) is 15.6. The van der Waals surface area contributed by atoms with Crippen molar-refractivity contribution in [1.82, 2.24) is 29.8 Å². The average Bonchev–Trinajstić information content (AvgIpc) is 3.12. The highest BCUT2D eigenvalue weighted by molar-refractivity contribution is 5.85. The molecule has 1 aliphatic heterocycles. The minimum atomic E-state index is -0.0637. The molecular weight excluding hydrogens is 352 g/mol. The molecule has 1 aromatic carbocycles. The highest BCUT2D eigenvalue weighted by Gasteiger charge is 2.22. The standard InChI is InChI=1S/C21H20N6O/c1-13-3-2-4-16-15(9-24-19(13)16)10-27-6-5-17-18(11-27)25-20(26-21(17)28)14-7-22-12-23-8-14/h2-4,7-9,12,24H,5-6,10-11H2,1H3,(H,25,26,28). The van der Waals surface area contributed by atoms with Crippen LogP contribution in [0.5, 0.6) is 0 Å². The van der Waals surface area contributed by atoms with Gasteiger partial charge in [0.05, 0.1) is 11.3 Å². The number of para-hydroxylation sites is 1. The third-order valence-electron chi connectivity index (χ3n) is 5.39. The number of aryl methyl sites for hydroxylation is 1. The first-order valence-electron chi connectivity index (χ1n) is 9.34. The van der Waals surface area contributed by atoms with E-state index in [9.17, 15) is 4.79 Å². The Bertz CT molecular complexity index is 1210. The lowest BCUT2D eigenvalue weighted by atomic mass is 10.0. The van der Waals surface area contributed by atoms with Crippen molar-refractivity contribution in [2.45, 2.75) is 26.4 Å². The first kappa shape index (κ1) is 16.8. The van der Waals surface area contributed by atoms with E-state index in [0.29, 0.717) is 24.4 Å². The number of hydrogen-bond donors (Lipinski definition) is 2. The molecule has 0 saturated heterocycles. The molecule has 0 atom stereocenters. The summed E-state index contributed by atoms with van der Waals surface area (Å²) in [5.74, 6) is 0.522. The maximum absolute atomic E-state index is 12.5. The molecule has 28 heavy (non-hydrogen) atoms. The molecule has 1 aliphatic rings. The summed E-state index contributed by atoms with van der Waals surface area (Å²) in [7, 11) is 0. The predicted molar refractivity (Wildman–Crippen MR) is 107 cm³/mol. The van der Waals surface area contributed by atoms with Crippen LogP contribution in [0.3, 0.4) is 0 Å². The lowest BCUT2D eigenvalue weighted by Crippen LogP contribution is -2.35. The lowest BCUT2D eigenvalue weighted by Gasteiger charge is -2.27. The van der Waals surface area contributed by atoms with Crippen LogP contribution in [0.4, 0.5) is 0 Å². The minimum Gasteiger partial charge on any atom is -0.361 e. The fraction of sp³-hybridized carbons (Fsp3) is 0.238. The molecule has 0 saturated carbocycles. The molecular formula is C21H20N6O. The molecule has 0 spiro atoms. The van der Waals surface area contributed by atoms with Gasteiger partial charge in [0, 0.05) is 54.7 Å². The third kappa shape index (κ3) is 2.90. The summed E-state index contributed by atoms with van der Waals surface area (Å²) in [6, 6.07) is 6.36. The number of hydrogen-bond acceptors (Lipinski definition) is 5. The van der Waals surface area contributed by atoms with Crippen molar-refractivity contribution < 1.29 is 0 Å². The number of nitrogens with zero attached hydrogens (tertiary/aromatic N) is 4. The third-order valence-corrected chi connectivity index (χ3v) is 5.39. The van der Waals surface area contributed by atoms with E-state index in [-0.39, 0.29) is 5.56 Å². The van der Waals surface area contributed by atoms with Gasteiger partial charge in [-0.25, -0.2) is 15.0 Å². The molecule has 4 aromatic rings. The van der Waals surface area contributed by atoms with Gasteiger partial charge in [0.2, 0.25) is 0 Å². The number of fused-ring (bicyclic) bond motifs is 2. The van der Waals surface area contributed by atoms with Crippen molar-refractivity contribution >= 4 is 10.9 Å². The fourth-order valence-corrected chi connectivity index (χ4v) is 3.92. The van der Waals surface area contributed by atoms with E-state index in [1.807, 2.05) is 0 Å². The van der Waals surface area contributed by atoms with Crippen LogP contribution in [-0.4, -0.2) is 36.4 Å². The largest absolute Gasteiger partial charge is 0.361 e. The van der Waals surface area contributed by atoms with Crippen LogP contribution in [0.25, 0.3) is 22.3 Å². The van der Waals surface area contributed by atoms with Gasteiger partial charge >= 0.3 is 0 Å². The quantitative estimate of drug-likeness (QED) is 0.577. The number of rotatable bonds is 3. The number of aromatic amines is 2. The normalized spacial score (nSPS) is 14.3. The van der Waals surface area contributed by atoms with Crippen molar-refractivity contribution in [3.8, 4) is 11.4 Å². The van der Waals surface area contributed by atoms with Crippen molar-refractivity contribution in [3.05, 3.63) is 75.9 Å². The molecule has 5 rings (SSSR count). The smallest absolute Gasteiger partial charge is 0.254 e. The zero-order valence-corrected chi connectivity index (χ0v) is 15.6. The summed E-state index contributed by atoms with van der Waals surface area (Å²) in [6.07, 6.45) is 7.57. The van der Waals surface area contributed by atoms with Crippen molar-refractivity contribution in [2.24, 2.45) is 0 Å². The molecule has 7 nitrogen and oxygen atoms in total. The van der Waals surface area contributed by atoms with Gasteiger partial charge in [-0.1, -0.05) is 18.2 Å². The van der Waals surface area contributed by atoms with E-state index in [2.05, 4.69) is 56.2 Å². The molecule has 0 aliphatic carbocycles. The van der Waals surface area contributed by atoms with Gasteiger partial charge in [-0.15, -0.1) is 0 Å². The molecule has 0 radical (unpaired) electrons. The van der Waals surface area contributed by atoms with E-state index < -0.39 is 0 Å². The number of H-pyrrole nitrogens is 2. The second-order valence-corrected chi connectivity index (χ2v) is 7.24. The Kier molecular flexibility index (Phi) is 4.02. The number of nitrogens with one attached hydrogen (secondary N) is 2. The van der Waals surface area contributed by atoms with Gasteiger partial charge in [-0.05, 0) is 24.5 Å². The van der Waals surface area contributed by atoms with Crippen LogP contribution < -0.4 is 5.56 Å². The zero-order chi connectivity index (χ0) is 19.1. The second-order valence-electron chi connectivity index (χ2n) is 7.24. The number of aromatic nitrogens is 5. The first-order chi connectivity index (χ1) is 13.7.